The smallest absolute Gasteiger partial charge is 0.229 e. The molecule has 2 aliphatic rings. The molecule has 3 heterocycles. The van der Waals surface area contributed by atoms with Gasteiger partial charge in [0, 0.05) is 26.2 Å². The van der Waals surface area contributed by atoms with E-state index in [2.05, 4.69) is 9.80 Å². The average Bonchev–Trinajstić information content (AvgIpc) is 2.77. The Bertz CT molecular complexity index is 731. The molecule has 0 bridgehead atoms. The molecule has 2 saturated heterocycles. The second kappa shape index (κ2) is 6.59. The van der Waals surface area contributed by atoms with Gasteiger partial charge in [0.25, 0.3) is 0 Å². The maximum Gasteiger partial charge on any atom is 0.229 e. The predicted octanol–water partition coefficient (Wildman–Crippen LogP) is 3.14. The molecule has 0 aliphatic carbocycles. The van der Waals surface area contributed by atoms with Crippen LogP contribution in [0.1, 0.15) is 25.7 Å². The monoisotopic (exact) mass is 345 g/mol. The van der Waals surface area contributed by atoms with Gasteiger partial charge in [-0.2, -0.15) is 0 Å². The number of aromatic nitrogens is 1. The SMILES string of the molecule is COc1ccc2nc(N3CC(C(=O)N4CCCCCC4)C3)sc2c1. The van der Waals surface area contributed by atoms with Crippen LogP contribution in [0.25, 0.3) is 10.2 Å². The fourth-order valence-electron chi connectivity index (χ4n) is 3.50. The lowest BCUT2D eigenvalue weighted by molar-refractivity contribution is -0.136. The number of benzene rings is 1. The van der Waals surface area contributed by atoms with E-state index in [0.29, 0.717) is 5.91 Å². The Morgan fingerprint density at radius 2 is 1.96 bits per heavy atom. The molecule has 0 atom stereocenters. The third-order valence-corrected chi connectivity index (χ3v) is 6.08. The van der Waals surface area contributed by atoms with Crippen molar-refractivity contribution in [3.63, 3.8) is 0 Å². The van der Waals surface area contributed by atoms with Crippen LogP contribution >= 0.6 is 11.3 Å². The van der Waals surface area contributed by atoms with Crippen LogP contribution in [0.15, 0.2) is 18.2 Å². The van der Waals surface area contributed by atoms with Crippen molar-refractivity contribution >= 4 is 32.6 Å². The molecule has 2 aromatic rings. The lowest BCUT2D eigenvalue weighted by atomic mass is 9.99. The van der Waals surface area contributed by atoms with E-state index in [-0.39, 0.29) is 5.92 Å². The van der Waals surface area contributed by atoms with Crippen molar-refractivity contribution in [2.75, 3.05) is 38.2 Å². The molecule has 1 amide bonds. The standard InChI is InChI=1S/C18H23N3O2S/c1-23-14-6-7-15-16(10-14)24-18(19-15)21-11-13(12-21)17(22)20-8-4-2-3-5-9-20/h6-7,10,13H,2-5,8-9,11-12H2,1H3. The third kappa shape index (κ3) is 2.95. The Balaban J connectivity index is 1.40. The normalized spacial score (nSPS) is 19.2. The van der Waals surface area contributed by atoms with Gasteiger partial charge in [0.05, 0.1) is 23.2 Å². The number of hydrogen-bond acceptors (Lipinski definition) is 5. The largest absolute Gasteiger partial charge is 0.497 e. The van der Waals surface area contributed by atoms with E-state index in [0.717, 1.165) is 60.1 Å². The summed E-state index contributed by atoms with van der Waals surface area (Å²) in [6, 6.07) is 5.96. The minimum absolute atomic E-state index is 0.143. The number of fused-ring (bicyclic) bond motifs is 1. The minimum Gasteiger partial charge on any atom is -0.497 e. The molecule has 0 N–H and O–H groups in total. The molecule has 0 unspecified atom stereocenters. The Labute approximate surface area is 146 Å². The van der Waals surface area contributed by atoms with Gasteiger partial charge in [-0.05, 0) is 31.0 Å². The number of carbonyl (C=O) groups excluding carboxylic acids is 1. The molecule has 0 saturated carbocycles. The number of carbonyl (C=O) groups is 1. The van der Waals surface area contributed by atoms with Crippen LogP contribution in [0.2, 0.25) is 0 Å². The topological polar surface area (TPSA) is 45.7 Å². The number of hydrogen-bond donors (Lipinski definition) is 0. The zero-order valence-electron chi connectivity index (χ0n) is 14.0. The molecular formula is C18H23N3O2S. The van der Waals surface area contributed by atoms with Gasteiger partial charge in [-0.15, -0.1) is 0 Å². The third-order valence-electron chi connectivity index (χ3n) is 5.00. The molecule has 6 heteroatoms. The molecule has 1 aromatic carbocycles. The van der Waals surface area contributed by atoms with Gasteiger partial charge < -0.3 is 14.5 Å². The highest BCUT2D eigenvalue weighted by Crippen LogP contribution is 2.35. The highest BCUT2D eigenvalue weighted by molar-refractivity contribution is 7.22. The molecule has 128 valence electrons. The van der Waals surface area contributed by atoms with Gasteiger partial charge in [0.1, 0.15) is 5.75 Å². The number of rotatable bonds is 3. The van der Waals surface area contributed by atoms with Crippen molar-refractivity contribution in [2.45, 2.75) is 25.7 Å². The Hall–Kier alpha value is -1.82. The van der Waals surface area contributed by atoms with E-state index in [4.69, 9.17) is 9.72 Å². The molecule has 4 rings (SSSR count). The molecular weight excluding hydrogens is 322 g/mol. The van der Waals surface area contributed by atoms with Gasteiger partial charge in [-0.25, -0.2) is 4.98 Å². The van der Waals surface area contributed by atoms with Crippen molar-refractivity contribution < 1.29 is 9.53 Å². The van der Waals surface area contributed by atoms with Crippen LogP contribution in [0.3, 0.4) is 0 Å². The number of likely N-dealkylation sites (tertiary alicyclic amines) is 1. The fourth-order valence-corrected chi connectivity index (χ4v) is 4.51. The Morgan fingerprint density at radius 3 is 2.67 bits per heavy atom. The zero-order chi connectivity index (χ0) is 16.5. The van der Waals surface area contributed by atoms with Crippen molar-refractivity contribution in [3.8, 4) is 5.75 Å². The number of methoxy groups -OCH3 is 1. The summed E-state index contributed by atoms with van der Waals surface area (Å²) in [6.45, 7) is 3.48. The zero-order valence-corrected chi connectivity index (χ0v) is 14.8. The highest BCUT2D eigenvalue weighted by atomic mass is 32.1. The van der Waals surface area contributed by atoms with Gasteiger partial charge in [0.2, 0.25) is 5.91 Å². The fraction of sp³-hybridized carbons (Fsp3) is 0.556. The predicted molar refractivity (Wildman–Crippen MR) is 96.9 cm³/mol. The molecule has 0 spiro atoms. The van der Waals surface area contributed by atoms with Gasteiger partial charge >= 0.3 is 0 Å². The van der Waals surface area contributed by atoms with Crippen LogP contribution in [0, 0.1) is 5.92 Å². The minimum atomic E-state index is 0.143. The van der Waals surface area contributed by atoms with E-state index in [9.17, 15) is 4.79 Å². The quantitative estimate of drug-likeness (QED) is 0.857. The number of ether oxygens (including phenoxy) is 1. The lowest BCUT2D eigenvalue weighted by Crippen LogP contribution is -2.54. The van der Waals surface area contributed by atoms with Crippen molar-refractivity contribution in [2.24, 2.45) is 5.92 Å². The summed E-state index contributed by atoms with van der Waals surface area (Å²) >= 11 is 1.67. The summed E-state index contributed by atoms with van der Waals surface area (Å²) in [7, 11) is 1.68. The summed E-state index contributed by atoms with van der Waals surface area (Å²) in [5.74, 6) is 1.34. The highest BCUT2D eigenvalue weighted by Gasteiger charge is 2.36. The summed E-state index contributed by atoms with van der Waals surface area (Å²) < 4.78 is 6.40. The molecule has 2 aliphatic heterocycles. The number of nitrogens with zero attached hydrogens (tertiary/aromatic N) is 3. The lowest BCUT2D eigenvalue weighted by Gasteiger charge is -2.40. The van der Waals surface area contributed by atoms with E-state index < -0.39 is 0 Å². The summed E-state index contributed by atoms with van der Waals surface area (Å²) in [6.07, 6.45) is 4.83. The molecule has 5 nitrogen and oxygen atoms in total. The first-order valence-electron chi connectivity index (χ1n) is 8.73. The molecule has 1 aromatic heterocycles. The van der Waals surface area contributed by atoms with E-state index in [1.807, 2.05) is 18.2 Å². The number of thiazole rings is 1. The molecule has 0 radical (unpaired) electrons. The van der Waals surface area contributed by atoms with Crippen LogP contribution in [-0.4, -0.2) is 49.1 Å². The second-order valence-electron chi connectivity index (χ2n) is 6.67. The van der Waals surface area contributed by atoms with Crippen molar-refractivity contribution in [3.05, 3.63) is 18.2 Å². The van der Waals surface area contributed by atoms with Gasteiger partial charge in [-0.3, -0.25) is 4.79 Å². The summed E-state index contributed by atoms with van der Waals surface area (Å²) in [5.41, 5.74) is 0.998. The first-order chi connectivity index (χ1) is 11.7. The summed E-state index contributed by atoms with van der Waals surface area (Å²) in [4.78, 5) is 21.6. The number of amides is 1. The Kier molecular flexibility index (Phi) is 4.31. The average molecular weight is 345 g/mol. The van der Waals surface area contributed by atoms with Crippen molar-refractivity contribution in [1.29, 1.82) is 0 Å². The van der Waals surface area contributed by atoms with E-state index >= 15 is 0 Å². The van der Waals surface area contributed by atoms with Crippen LogP contribution in [-0.2, 0) is 4.79 Å². The number of anilines is 1. The van der Waals surface area contributed by atoms with Crippen LogP contribution in [0.4, 0.5) is 5.13 Å². The first kappa shape index (κ1) is 15.7. The van der Waals surface area contributed by atoms with Gasteiger partial charge in [0.15, 0.2) is 5.13 Å². The maximum atomic E-state index is 12.6. The van der Waals surface area contributed by atoms with Crippen LogP contribution < -0.4 is 9.64 Å². The van der Waals surface area contributed by atoms with E-state index in [1.165, 1.54) is 12.8 Å². The summed E-state index contributed by atoms with van der Waals surface area (Å²) in [5, 5.41) is 1.01. The van der Waals surface area contributed by atoms with Crippen molar-refractivity contribution in [1.82, 2.24) is 9.88 Å². The second-order valence-corrected chi connectivity index (χ2v) is 7.68. The maximum absolute atomic E-state index is 12.6. The van der Waals surface area contributed by atoms with Crippen LogP contribution in [0.5, 0.6) is 5.75 Å². The van der Waals surface area contributed by atoms with E-state index in [1.54, 1.807) is 18.4 Å². The Morgan fingerprint density at radius 1 is 1.21 bits per heavy atom. The van der Waals surface area contributed by atoms with Gasteiger partial charge in [-0.1, -0.05) is 24.2 Å². The molecule has 2 fully saturated rings. The first-order valence-corrected chi connectivity index (χ1v) is 9.54. The molecule has 24 heavy (non-hydrogen) atoms.